The maximum absolute atomic E-state index is 14.4. The number of rotatable bonds is 8. The zero-order chi connectivity index (χ0) is 30.7. The van der Waals surface area contributed by atoms with E-state index in [1.807, 2.05) is 88.4 Å². The number of fused-ring (bicyclic) bond motifs is 1. The van der Waals surface area contributed by atoms with Crippen molar-refractivity contribution in [2.75, 3.05) is 11.9 Å². The second-order valence-corrected chi connectivity index (χ2v) is 13.0. The van der Waals surface area contributed by atoms with Crippen molar-refractivity contribution in [2.45, 2.75) is 58.0 Å². The summed E-state index contributed by atoms with van der Waals surface area (Å²) < 4.78 is 30.1. The lowest BCUT2D eigenvalue weighted by Crippen LogP contribution is -2.51. The zero-order valence-electron chi connectivity index (χ0n) is 25.0. The van der Waals surface area contributed by atoms with Crippen molar-refractivity contribution in [3.63, 3.8) is 0 Å². The summed E-state index contributed by atoms with van der Waals surface area (Å²) in [5.41, 5.74) is 6.67. The van der Waals surface area contributed by atoms with Crippen molar-refractivity contribution in [3.8, 4) is 0 Å². The first kappa shape index (κ1) is 30.2. The molecule has 5 rings (SSSR count). The molecule has 2 N–H and O–H groups in total. The van der Waals surface area contributed by atoms with E-state index in [4.69, 9.17) is 0 Å². The van der Waals surface area contributed by atoms with E-state index in [1.165, 1.54) is 4.31 Å². The molecule has 7 nitrogen and oxygen atoms in total. The SMILES string of the molecule is Cc1cc(C)c(C)c(S(=O)(=O)N2Cc3ccccc3CC2C(=O)Nc2ccccc2C(=O)NCCc2ccccc2)c1C. The lowest BCUT2D eigenvalue weighted by molar-refractivity contribution is -0.120. The van der Waals surface area contributed by atoms with Crippen LogP contribution in [-0.2, 0) is 34.2 Å². The van der Waals surface area contributed by atoms with Gasteiger partial charge in [-0.3, -0.25) is 9.59 Å². The molecular formula is C35H37N3O4S. The molecule has 0 spiro atoms. The molecule has 4 aromatic rings. The number of para-hydroxylation sites is 1. The minimum atomic E-state index is -4.07. The Balaban J connectivity index is 1.44. The van der Waals surface area contributed by atoms with Crippen LogP contribution in [0.3, 0.4) is 0 Å². The highest BCUT2D eigenvalue weighted by Gasteiger charge is 2.41. The van der Waals surface area contributed by atoms with Crippen molar-refractivity contribution in [1.29, 1.82) is 0 Å². The second kappa shape index (κ2) is 12.5. The number of carbonyl (C=O) groups excluding carboxylic acids is 2. The lowest BCUT2D eigenvalue weighted by Gasteiger charge is -2.36. The molecule has 1 heterocycles. The van der Waals surface area contributed by atoms with Crippen molar-refractivity contribution in [1.82, 2.24) is 9.62 Å². The maximum atomic E-state index is 14.4. The monoisotopic (exact) mass is 595 g/mol. The van der Waals surface area contributed by atoms with E-state index >= 15 is 0 Å². The number of hydrogen-bond acceptors (Lipinski definition) is 4. The molecule has 0 radical (unpaired) electrons. The first-order valence-corrected chi connectivity index (χ1v) is 15.9. The zero-order valence-corrected chi connectivity index (χ0v) is 25.8. The standard InChI is InChI=1S/C35H37N3O4S/c1-23-20-24(2)26(4)33(25(23)3)43(41,42)38-22-29-15-9-8-14-28(29)21-32(38)35(40)37-31-17-11-10-16-30(31)34(39)36-19-18-27-12-6-5-7-13-27/h5-17,20,32H,18-19,21-22H2,1-4H3,(H,36,39)(H,37,40). The molecule has 1 aliphatic rings. The van der Waals surface area contributed by atoms with Crippen LogP contribution in [0.25, 0.3) is 0 Å². The van der Waals surface area contributed by atoms with Crippen LogP contribution in [0.2, 0.25) is 0 Å². The fourth-order valence-corrected chi connectivity index (χ4v) is 7.87. The molecule has 2 amide bonds. The Morgan fingerprint density at radius 3 is 2.12 bits per heavy atom. The third-order valence-electron chi connectivity index (χ3n) is 8.34. The van der Waals surface area contributed by atoms with Gasteiger partial charge >= 0.3 is 0 Å². The summed E-state index contributed by atoms with van der Waals surface area (Å²) in [5.74, 6) is -0.797. The van der Waals surface area contributed by atoms with E-state index < -0.39 is 22.0 Å². The van der Waals surface area contributed by atoms with E-state index in [-0.39, 0.29) is 23.8 Å². The Morgan fingerprint density at radius 1 is 0.814 bits per heavy atom. The van der Waals surface area contributed by atoms with Gasteiger partial charge in [-0.15, -0.1) is 0 Å². The molecule has 0 saturated heterocycles. The smallest absolute Gasteiger partial charge is 0.253 e. The van der Waals surface area contributed by atoms with Gasteiger partial charge in [-0.2, -0.15) is 4.31 Å². The number of sulfonamides is 1. The minimum Gasteiger partial charge on any atom is -0.352 e. The van der Waals surface area contributed by atoms with E-state index in [0.29, 0.717) is 35.3 Å². The van der Waals surface area contributed by atoms with Crippen LogP contribution < -0.4 is 10.6 Å². The topological polar surface area (TPSA) is 95.6 Å². The highest BCUT2D eigenvalue weighted by molar-refractivity contribution is 7.89. The van der Waals surface area contributed by atoms with Crippen LogP contribution in [0.5, 0.6) is 0 Å². The summed E-state index contributed by atoms with van der Waals surface area (Å²) >= 11 is 0. The summed E-state index contributed by atoms with van der Waals surface area (Å²) in [5, 5.41) is 5.83. The molecule has 1 aliphatic heterocycles. The first-order valence-electron chi connectivity index (χ1n) is 14.5. The highest BCUT2D eigenvalue weighted by atomic mass is 32.2. The quantitative estimate of drug-likeness (QED) is 0.275. The first-order chi connectivity index (χ1) is 20.6. The van der Waals surface area contributed by atoms with Gasteiger partial charge in [-0.05, 0) is 91.6 Å². The average Bonchev–Trinajstić information content (AvgIpc) is 3.00. The third kappa shape index (κ3) is 6.26. The third-order valence-corrected chi connectivity index (χ3v) is 10.5. The molecule has 1 unspecified atom stereocenters. The number of amides is 2. The summed E-state index contributed by atoms with van der Waals surface area (Å²) in [7, 11) is -4.07. The van der Waals surface area contributed by atoms with Gasteiger partial charge in [-0.25, -0.2) is 8.42 Å². The van der Waals surface area contributed by atoms with E-state index in [0.717, 1.165) is 27.8 Å². The van der Waals surface area contributed by atoms with Crippen molar-refractivity contribution in [2.24, 2.45) is 0 Å². The van der Waals surface area contributed by atoms with Crippen LogP contribution in [0, 0.1) is 27.7 Å². The number of nitrogens with one attached hydrogen (secondary N) is 2. The molecule has 43 heavy (non-hydrogen) atoms. The fourth-order valence-electron chi connectivity index (χ4n) is 5.73. The van der Waals surface area contributed by atoms with Gasteiger partial charge in [0, 0.05) is 13.1 Å². The molecule has 222 valence electrons. The summed E-state index contributed by atoms with van der Waals surface area (Å²) in [4.78, 5) is 27.4. The number of aryl methyl sites for hydroxylation is 2. The second-order valence-electron chi connectivity index (χ2n) is 11.2. The average molecular weight is 596 g/mol. The van der Waals surface area contributed by atoms with Crippen LogP contribution in [-0.4, -0.2) is 37.1 Å². The molecule has 1 atom stereocenters. The Kier molecular flexibility index (Phi) is 8.80. The van der Waals surface area contributed by atoms with Crippen LogP contribution in [0.15, 0.2) is 89.8 Å². The number of nitrogens with zero attached hydrogens (tertiary/aromatic N) is 1. The summed E-state index contributed by atoms with van der Waals surface area (Å²) in [6, 6.07) is 25.3. The molecule has 0 aromatic heterocycles. The number of hydrogen-bond donors (Lipinski definition) is 2. The molecule has 0 aliphatic carbocycles. The molecular weight excluding hydrogens is 558 g/mol. The molecule has 0 fully saturated rings. The predicted molar refractivity (Wildman–Crippen MR) is 170 cm³/mol. The van der Waals surface area contributed by atoms with E-state index in [1.54, 1.807) is 24.3 Å². The van der Waals surface area contributed by atoms with Gasteiger partial charge in [0.25, 0.3) is 5.91 Å². The summed E-state index contributed by atoms with van der Waals surface area (Å²) in [6.45, 7) is 7.94. The fraction of sp³-hybridized carbons (Fsp3) is 0.257. The summed E-state index contributed by atoms with van der Waals surface area (Å²) in [6.07, 6.45) is 0.891. The molecule has 0 bridgehead atoms. The largest absolute Gasteiger partial charge is 0.352 e. The number of carbonyl (C=O) groups is 2. The lowest BCUT2D eigenvalue weighted by atomic mass is 9.95. The van der Waals surface area contributed by atoms with Gasteiger partial charge in [0.15, 0.2) is 0 Å². The Bertz CT molecular complexity index is 1760. The van der Waals surface area contributed by atoms with E-state index in [2.05, 4.69) is 10.6 Å². The Labute approximate surface area is 254 Å². The van der Waals surface area contributed by atoms with Gasteiger partial charge in [0.05, 0.1) is 16.1 Å². The van der Waals surface area contributed by atoms with Gasteiger partial charge in [0.2, 0.25) is 15.9 Å². The number of anilines is 1. The van der Waals surface area contributed by atoms with Crippen molar-refractivity contribution in [3.05, 3.63) is 129 Å². The number of benzene rings is 4. The van der Waals surface area contributed by atoms with E-state index in [9.17, 15) is 18.0 Å². The van der Waals surface area contributed by atoms with Gasteiger partial charge < -0.3 is 10.6 Å². The van der Waals surface area contributed by atoms with Crippen LogP contribution >= 0.6 is 0 Å². The highest BCUT2D eigenvalue weighted by Crippen LogP contribution is 2.34. The van der Waals surface area contributed by atoms with Crippen LogP contribution in [0.4, 0.5) is 5.69 Å². The Morgan fingerprint density at radius 2 is 1.42 bits per heavy atom. The molecule has 0 saturated carbocycles. The Hall–Kier alpha value is -4.27. The normalized spacial score (nSPS) is 15.0. The molecule has 4 aromatic carbocycles. The minimum absolute atomic E-state index is 0.0735. The molecule has 8 heteroatoms. The van der Waals surface area contributed by atoms with Crippen LogP contribution in [0.1, 0.15) is 49.3 Å². The van der Waals surface area contributed by atoms with Crippen molar-refractivity contribution < 1.29 is 18.0 Å². The van der Waals surface area contributed by atoms with Crippen molar-refractivity contribution >= 4 is 27.5 Å². The van der Waals surface area contributed by atoms with Gasteiger partial charge in [0.1, 0.15) is 6.04 Å². The van der Waals surface area contributed by atoms with Gasteiger partial charge in [-0.1, -0.05) is 72.8 Å². The maximum Gasteiger partial charge on any atom is 0.253 e. The predicted octanol–water partition coefficient (Wildman–Crippen LogP) is 5.65.